The van der Waals surface area contributed by atoms with Gasteiger partial charge in [0.2, 0.25) is 5.91 Å². The standard InChI is InChI=1S/C31H44N6O2.C4H10/c1-8-10-11-21(27(18(3)9-2)37-25-14-15-39-17-31(25,6)7)20(5)35-29-26-22(16-32)23(33)12-13-24(26)36-28(29)19(4)30(34)38;1-3-4-2/h8,10-13,16,19,25,32,36-37H,9,14-15,17,33H2,1-7H3,(H2,34,38);3-4H2,1-2H3/b10-8-,21-11-,27-18-,32-16?,35-20?;. The lowest BCUT2D eigenvalue weighted by Crippen LogP contribution is -2.48. The number of aliphatic imine (C=N–C) groups is 1. The summed E-state index contributed by atoms with van der Waals surface area (Å²) >= 11 is 0. The number of nitrogens with zero attached hydrogens (tertiary/aromatic N) is 1. The molecule has 0 spiro atoms. The minimum Gasteiger partial charge on any atom is -0.398 e. The van der Waals surface area contributed by atoms with Crippen LogP contribution in [0.15, 0.2) is 52.2 Å². The summed E-state index contributed by atoms with van der Waals surface area (Å²) in [5.41, 5.74) is 18.9. The summed E-state index contributed by atoms with van der Waals surface area (Å²) in [7, 11) is 0. The predicted molar refractivity (Wildman–Crippen MR) is 184 cm³/mol. The van der Waals surface area contributed by atoms with Gasteiger partial charge < -0.3 is 31.9 Å². The molecule has 0 saturated carbocycles. The van der Waals surface area contributed by atoms with Crippen molar-refractivity contribution in [2.75, 3.05) is 18.9 Å². The second-order valence-electron chi connectivity index (χ2n) is 12.0. The highest BCUT2D eigenvalue weighted by molar-refractivity contribution is 6.12. The van der Waals surface area contributed by atoms with Crippen molar-refractivity contribution in [3.8, 4) is 0 Å². The number of primary amides is 1. The molecule has 8 heteroatoms. The average molecular weight is 591 g/mol. The van der Waals surface area contributed by atoms with Crippen LogP contribution in [0.3, 0.4) is 0 Å². The van der Waals surface area contributed by atoms with E-state index in [1.807, 2.05) is 32.1 Å². The SMILES string of the molecule is CCCC.C\C=C/C=C(C(C)=Nc1c(C(C)C(N)=O)[nH]c2ccc(N)c(C=N)c12)\C(NC1CCOCC1(C)C)=C(/C)CC. The Morgan fingerprint density at radius 3 is 2.47 bits per heavy atom. The Labute approximate surface area is 258 Å². The predicted octanol–water partition coefficient (Wildman–Crippen LogP) is 7.83. The second kappa shape index (κ2) is 16.3. The largest absolute Gasteiger partial charge is 0.398 e. The molecule has 1 amide bonds. The minimum absolute atomic E-state index is 0.0361. The molecule has 1 fully saturated rings. The summed E-state index contributed by atoms with van der Waals surface area (Å²) in [5.74, 6) is -1.07. The van der Waals surface area contributed by atoms with Crippen LogP contribution in [-0.4, -0.2) is 42.1 Å². The first-order valence-corrected chi connectivity index (χ1v) is 15.5. The van der Waals surface area contributed by atoms with Gasteiger partial charge in [0.15, 0.2) is 0 Å². The Balaban J connectivity index is 0.00000151. The molecule has 3 rings (SSSR count). The number of benzene rings is 1. The number of ether oxygens (including phenoxy) is 1. The number of carbonyl (C=O) groups is 1. The van der Waals surface area contributed by atoms with Gasteiger partial charge >= 0.3 is 0 Å². The number of fused-ring (bicyclic) bond motifs is 1. The molecule has 1 aliphatic rings. The first-order valence-electron chi connectivity index (χ1n) is 15.5. The number of aromatic nitrogens is 1. The zero-order valence-corrected chi connectivity index (χ0v) is 27.8. The highest BCUT2D eigenvalue weighted by Crippen LogP contribution is 2.39. The van der Waals surface area contributed by atoms with Crippen molar-refractivity contribution in [2.24, 2.45) is 16.1 Å². The Bertz CT molecular complexity index is 1390. The molecule has 236 valence electrons. The molecule has 0 aliphatic carbocycles. The van der Waals surface area contributed by atoms with Crippen molar-refractivity contribution < 1.29 is 9.53 Å². The highest BCUT2D eigenvalue weighted by atomic mass is 16.5. The Kier molecular flexibility index (Phi) is 13.4. The van der Waals surface area contributed by atoms with Gasteiger partial charge in [0.1, 0.15) is 0 Å². The summed E-state index contributed by atoms with van der Waals surface area (Å²) < 4.78 is 5.78. The Hall–Kier alpha value is -3.65. The van der Waals surface area contributed by atoms with Crippen LogP contribution >= 0.6 is 0 Å². The van der Waals surface area contributed by atoms with E-state index in [1.165, 1.54) is 24.6 Å². The molecule has 2 unspecified atom stereocenters. The van der Waals surface area contributed by atoms with E-state index in [0.29, 0.717) is 34.6 Å². The Morgan fingerprint density at radius 2 is 1.93 bits per heavy atom. The molecule has 1 aromatic heterocycles. The molecule has 43 heavy (non-hydrogen) atoms. The third kappa shape index (κ3) is 8.69. The van der Waals surface area contributed by atoms with Crippen LogP contribution in [0.4, 0.5) is 11.4 Å². The number of anilines is 1. The maximum Gasteiger partial charge on any atom is 0.226 e. The summed E-state index contributed by atoms with van der Waals surface area (Å²) in [6.45, 7) is 20.2. The maximum atomic E-state index is 12.3. The number of nitrogen functional groups attached to an aromatic ring is 1. The number of nitrogens with one attached hydrogen (secondary N) is 3. The van der Waals surface area contributed by atoms with Gasteiger partial charge in [0.05, 0.1) is 23.9 Å². The topological polar surface area (TPSA) is 142 Å². The molecule has 7 N–H and O–H groups in total. The number of hydrogen-bond donors (Lipinski definition) is 5. The number of nitrogens with two attached hydrogens (primary N) is 2. The fraction of sp³-hybridized carbons (Fsp3) is 0.514. The van der Waals surface area contributed by atoms with Crippen LogP contribution in [0, 0.1) is 10.8 Å². The quantitative estimate of drug-likeness (QED) is 0.103. The number of aromatic amines is 1. The monoisotopic (exact) mass is 590 g/mol. The molecule has 0 radical (unpaired) electrons. The fourth-order valence-electron chi connectivity index (χ4n) is 4.94. The summed E-state index contributed by atoms with van der Waals surface area (Å²) in [6, 6.07) is 3.83. The zero-order valence-electron chi connectivity index (χ0n) is 27.8. The van der Waals surface area contributed by atoms with E-state index in [0.717, 1.165) is 41.9 Å². The van der Waals surface area contributed by atoms with Gasteiger partial charge in [-0.05, 0) is 58.2 Å². The van der Waals surface area contributed by atoms with E-state index in [9.17, 15) is 4.79 Å². The van der Waals surface area contributed by atoms with Gasteiger partial charge in [-0.2, -0.15) is 0 Å². The van der Waals surface area contributed by atoms with Crippen molar-refractivity contribution in [2.45, 2.75) is 100.0 Å². The molecule has 0 bridgehead atoms. The van der Waals surface area contributed by atoms with E-state index in [2.05, 4.69) is 57.9 Å². The van der Waals surface area contributed by atoms with Crippen LogP contribution in [0.2, 0.25) is 0 Å². The van der Waals surface area contributed by atoms with Crippen molar-refractivity contribution >= 4 is 40.1 Å². The molecule has 2 heterocycles. The van der Waals surface area contributed by atoms with E-state index < -0.39 is 11.8 Å². The highest BCUT2D eigenvalue weighted by Gasteiger charge is 2.34. The lowest BCUT2D eigenvalue weighted by molar-refractivity contribution is -0.119. The molecule has 2 atom stereocenters. The minimum atomic E-state index is -0.611. The smallest absolute Gasteiger partial charge is 0.226 e. The summed E-state index contributed by atoms with van der Waals surface area (Å²) in [5, 5.41) is 12.6. The second-order valence-corrected chi connectivity index (χ2v) is 12.0. The van der Waals surface area contributed by atoms with E-state index in [1.54, 1.807) is 13.0 Å². The van der Waals surface area contributed by atoms with Gasteiger partial charge in [0.25, 0.3) is 0 Å². The van der Waals surface area contributed by atoms with Gasteiger partial charge in [0, 0.05) is 63.4 Å². The summed E-state index contributed by atoms with van der Waals surface area (Å²) in [6.07, 6.45) is 11.7. The Morgan fingerprint density at radius 1 is 1.26 bits per heavy atom. The molecule has 8 nitrogen and oxygen atoms in total. The molecule has 2 aromatic rings. The number of amides is 1. The maximum absolute atomic E-state index is 12.3. The third-order valence-electron chi connectivity index (χ3n) is 8.18. The van der Waals surface area contributed by atoms with Crippen LogP contribution < -0.4 is 16.8 Å². The van der Waals surface area contributed by atoms with Gasteiger partial charge in [-0.15, -0.1) is 0 Å². The first kappa shape index (κ1) is 35.5. The lowest BCUT2D eigenvalue weighted by Gasteiger charge is -2.40. The number of hydrogen-bond acceptors (Lipinski definition) is 6. The van der Waals surface area contributed by atoms with Crippen molar-refractivity contribution in [3.63, 3.8) is 0 Å². The van der Waals surface area contributed by atoms with E-state index in [-0.39, 0.29) is 11.5 Å². The lowest BCUT2D eigenvalue weighted by atomic mass is 9.81. The molecule has 1 saturated heterocycles. The van der Waals surface area contributed by atoms with Crippen molar-refractivity contribution in [3.05, 3.63) is 58.5 Å². The van der Waals surface area contributed by atoms with Crippen LogP contribution in [0.25, 0.3) is 10.9 Å². The van der Waals surface area contributed by atoms with Gasteiger partial charge in [-0.25, -0.2) is 0 Å². The number of H-pyrrole nitrogens is 1. The first-order chi connectivity index (χ1) is 20.4. The zero-order chi connectivity index (χ0) is 32.3. The fourth-order valence-corrected chi connectivity index (χ4v) is 4.94. The van der Waals surface area contributed by atoms with Crippen molar-refractivity contribution in [1.29, 1.82) is 5.41 Å². The van der Waals surface area contributed by atoms with Crippen LogP contribution in [-0.2, 0) is 9.53 Å². The number of carbonyl (C=O) groups excluding carboxylic acids is 1. The van der Waals surface area contributed by atoms with Crippen LogP contribution in [0.1, 0.15) is 105 Å². The van der Waals surface area contributed by atoms with Gasteiger partial charge in [-0.1, -0.05) is 65.7 Å². The van der Waals surface area contributed by atoms with E-state index in [4.69, 9.17) is 26.6 Å². The normalized spacial score (nSPS) is 18.6. The number of allylic oxidation sites excluding steroid dienone is 5. The van der Waals surface area contributed by atoms with E-state index >= 15 is 0 Å². The molecular weight excluding hydrogens is 536 g/mol. The number of rotatable bonds is 11. The molecular formula is C35H54N6O2. The van der Waals surface area contributed by atoms with Crippen LogP contribution in [0.5, 0.6) is 0 Å². The molecule has 1 aliphatic heterocycles. The molecule has 1 aromatic carbocycles. The van der Waals surface area contributed by atoms with Gasteiger partial charge in [-0.3, -0.25) is 9.79 Å². The number of unbranched alkanes of at least 4 members (excludes halogenated alkanes) is 1. The summed E-state index contributed by atoms with van der Waals surface area (Å²) in [4.78, 5) is 20.7. The van der Waals surface area contributed by atoms with Crippen molar-refractivity contribution in [1.82, 2.24) is 10.3 Å². The average Bonchev–Trinajstić information content (AvgIpc) is 3.34. The third-order valence-corrected chi connectivity index (χ3v) is 8.18.